The van der Waals surface area contributed by atoms with Crippen LogP contribution in [0.25, 0.3) is 6.08 Å². The molecule has 0 radical (unpaired) electrons. The lowest BCUT2D eigenvalue weighted by atomic mass is 10.1. The summed E-state index contributed by atoms with van der Waals surface area (Å²) in [6, 6.07) is 20.4. The van der Waals surface area contributed by atoms with Gasteiger partial charge in [0.05, 0.1) is 0 Å². The zero-order valence-corrected chi connectivity index (χ0v) is 18.7. The molecule has 0 fully saturated rings. The van der Waals surface area contributed by atoms with E-state index in [1.54, 1.807) is 6.08 Å². The van der Waals surface area contributed by atoms with Gasteiger partial charge in [-0.05, 0) is 72.5 Å². The number of rotatable bonds is 8. The number of carbonyl (C=O) groups excluding carboxylic acids is 2. The molecule has 0 spiro atoms. The Hall–Kier alpha value is -3.57. The molecule has 32 heavy (non-hydrogen) atoms. The van der Waals surface area contributed by atoms with Crippen LogP contribution in [-0.2, 0) is 20.9 Å². The van der Waals surface area contributed by atoms with Crippen LogP contribution >= 0.6 is 11.6 Å². The molecule has 0 aliphatic heterocycles. The third kappa shape index (κ3) is 7.00. The Morgan fingerprint density at radius 2 is 1.69 bits per heavy atom. The fraction of sp³-hybridized carbons (Fsp3) is 0.154. The predicted octanol–water partition coefficient (Wildman–Crippen LogP) is 5.73. The number of nitrogens with one attached hydrogen (secondary N) is 1. The van der Waals surface area contributed by atoms with Gasteiger partial charge in [-0.2, -0.15) is 0 Å². The van der Waals surface area contributed by atoms with Crippen LogP contribution in [0.5, 0.6) is 5.75 Å². The Morgan fingerprint density at radius 3 is 2.41 bits per heavy atom. The molecule has 3 aromatic carbocycles. The van der Waals surface area contributed by atoms with Gasteiger partial charge < -0.3 is 14.8 Å². The molecule has 0 aromatic heterocycles. The second-order valence-corrected chi connectivity index (χ2v) is 7.66. The maximum atomic E-state index is 12.0. The monoisotopic (exact) mass is 449 g/mol. The van der Waals surface area contributed by atoms with E-state index in [1.807, 2.05) is 80.6 Å². The first-order valence-corrected chi connectivity index (χ1v) is 10.5. The van der Waals surface area contributed by atoms with Crippen molar-refractivity contribution in [1.29, 1.82) is 0 Å². The minimum absolute atomic E-state index is 0.353. The Labute approximate surface area is 192 Å². The summed E-state index contributed by atoms with van der Waals surface area (Å²) in [6.45, 7) is 3.97. The van der Waals surface area contributed by atoms with E-state index in [9.17, 15) is 9.59 Å². The molecule has 3 aromatic rings. The van der Waals surface area contributed by atoms with E-state index >= 15 is 0 Å². The van der Waals surface area contributed by atoms with Crippen molar-refractivity contribution in [2.24, 2.45) is 0 Å². The number of esters is 1. The maximum Gasteiger partial charge on any atom is 0.331 e. The summed E-state index contributed by atoms with van der Waals surface area (Å²) >= 11 is 5.88. The van der Waals surface area contributed by atoms with Crippen LogP contribution in [0, 0.1) is 13.8 Å². The van der Waals surface area contributed by atoms with Crippen molar-refractivity contribution in [2.45, 2.75) is 20.5 Å². The fourth-order valence-electron chi connectivity index (χ4n) is 2.84. The second kappa shape index (κ2) is 11.2. The van der Waals surface area contributed by atoms with Gasteiger partial charge in [0.2, 0.25) is 0 Å². The molecule has 0 heterocycles. The van der Waals surface area contributed by atoms with E-state index in [0.717, 1.165) is 22.3 Å². The molecule has 0 aliphatic carbocycles. The Bertz CT molecular complexity index is 1110. The molecular formula is C26H24ClNO4. The molecule has 1 amide bonds. The zero-order valence-electron chi connectivity index (χ0n) is 17.9. The number of hydrogen-bond acceptors (Lipinski definition) is 4. The van der Waals surface area contributed by atoms with Crippen LogP contribution in [0.3, 0.4) is 0 Å². The van der Waals surface area contributed by atoms with Gasteiger partial charge in [-0.25, -0.2) is 4.79 Å². The Kier molecular flexibility index (Phi) is 8.06. The molecule has 5 nitrogen and oxygen atoms in total. The highest BCUT2D eigenvalue weighted by Gasteiger charge is 2.08. The molecule has 0 unspecified atom stereocenters. The first kappa shape index (κ1) is 23.1. The fourth-order valence-corrected chi connectivity index (χ4v) is 2.97. The van der Waals surface area contributed by atoms with Crippen molar-refractivity contribution < 1.29 is 19.1 Å². The van der Waals surface area contributed by atoms with E-state index < -0.39 is 5.97 Å². The van der Waals surface area contributed by atoms with Crippen LogP contribution < -0.4 is 10.1 Å². The number of anilines is 1. The van der Waals surface area contributed by atoms with Crippen molar-refractivity contribution in [3.63, 3.8) is 0 Å². The van der Waals surface area contributed by atoms with E-state index in [2.05, 4.69) is 5.32 Å². The lowest BCUT2D eigenvalue weighted by Crippen LogP contribution is -2.20. The third-order valence-corrected chi connectivity index (χ3v) is 5.09. The van der Waals surface area contributed by atoms with Gasteiger partial charge in [0.1, 0.15) is 12.4 Å². The largest absolute Gasteiger partial charge is 0.489 e. The van der Waals surface area contributed by atoms with Gasteiger partial charge in [-0.1, -0.05) is 48.0 Å². The summed E-state index contributed by atoms with van der Waals surface area (Å²) in [7, 11) is 0. The van der Waals surface area contributed by atoms with Gasteiger partial charge in [0, 0.05) is 16.8 Å². The molecule has 0 aliphatic rings. The van der Waals surface area contributed by atoms with E-state index in [0.29, 0.717) is 23.1 Å². The number of benzene rings is 3. The summed E-state index contributed by atoms with van der Waals surface area (Å²) in [4.78, 5) is 24.0. The minimum atomic E-state index is -0.593. The number of carbonyl (C=O) groups is 2. The zero-order chi connectivity index (χ0) is 22.9. The van der Waals surface area contributed by atoms with E-state index in [1.165, 1.54) is 6.08 Å². The van der Waals surface area contributed by atoms with Crippen LogP contribution in [0.1, 0.15) is 22.3 Å². The molecule has 3 rings (SSSR count). The summed E-state index contributed by atoms with van der Waals surface area (Å²) in [5.74, 6) is -0.269. The maximum absolute atomic E-state index is 12.0. The highest BCUT2D eigenvalue weighted by atomic mass is 35.5. The van der Waals surface area contributed by atoms with Gasteiger partial charge >= 0.3 is 5.97 Å². The standard InChI is InChI=1S/C26H24ClNO4/c1-18-4-3-5-24(19(18)2)28-25(29)17-32-26(30)15-10-20-8-13-23(14-9-20)31-16-21-6-11-22(27)12-7-21/h3-15H,16-17H2,1-2H3,(H,28,29)/b15-10+. The van der Waals surface area contributed by atoms with Gasteiger partial charge in [-0.15, -0.1) is 0 Å². The molecule has 0 bridgehead atoms. The molecule has 1 N–H and O–H groups in total. The predicted molar refractivity (Wildman–Crippen MR) is 127 cm³/mol. The third-order valence-electron chi connectivity index (χ3n) is 4.83. The summed E-state index contributed by atoms with van der Waals surface area (Å²) < 4.78 is 10.8. The van der Waals surface area contributed by atoms with Crippen LogP contribution in [0.4, 0.5) is 5.69 Å². The molecular weight excluding hydrogens is 426 g/mol. The average Bonchev–Trinajstić information content (AvgIpc) is 2.79. The number of halogens is 1. The Balaban J connectivity index is 1.44. The van der Waals surface area contributed by atoms with Gasteiger partial charge in [0.25, 0.3) is 5.91 Å². The van der Waals surface area contributed by atoms with Crippen LogP contribution in [-0.4, -0.2) is 18.5 Å². The normalized spacial score (nSPS) is 10.7. The first-order chi connectivity index (χ1) is 15.4. The van der Waals surface area contributed by atoms with E-state index in [4.69, 9.17) is 21.1 Å². The lowest BCUT2D eigenvalue weighted by molar-refractivity contribution is -0.142. The average molecular weight is 450 g/mol. The molecule has 0 saturated heterocycles. The van der Waals surface area contributed by atoms with Crippen molar-refractivity contribution >= 4 is 35.2 Å². The van der Waals surface area contributed by atoms with Crippen LogP contribution in [0.15, 0.2) is 72.8 Å². The quantitative estimate of drug-likeness (QED) is 0.352. The summed E-state index contributed by atoms with van der Waals surface area (Å²) in [5, 5.41) is 3.44. The lowest BCUT2D eigenvalue weighted by Gasteiger charge is -2.10. The SMILES string of the molecule is Cc1cccc(NC(=O)COC(=O)/C=C/c2ccc(OCc3ccc(Cl)cc3)cc2)c1C. The topological polar surface area (TPSA) is 64.6 Å². The van der Waals surface area contributed by atoms with Gasteiger partial charge in [0.15, 0.2) is 6.61 Å². The summed E-state index contributed by atoms with van der Waals surface area (Å²) in [6.07, 6.45) is 2.91. The molecule has 0 saturated carbocycles. The smallest absolute Gasteiger partial charge is 0.331 e. The van der Waals surface area contributed by atoms with Crippen molar-refractivity contribution in [3.8, 4) is 5.75 Å². The van der Waals surface area contributed by atoms with Crippen molar-refractivity contribution in [1.82, 2.24) is 0 Å². The molecule has 6 heteroatoms. The first-order valence-electron chi connectivity index (χ1n) is 10.1. The highest BCUT2D eigenvalue weighted by Crippen LogP contribution is 2.18. The highest BCUT2D eigenvalue weighted by molar-refractivity contribution is 6.30. The number of ether oxygens (including phenoxy) is 2. The Morgan fingerprint density at radius 1 is 0.969 bits per heavy atom. The minimum Gasteiger partial charge on any atom is -0.489 e. The van der Waals surface area contributed by atoms with Crippen LogP contribution in [0.2, 0.25) is 5.02 Å². The van der Waals surface area contributed by atoms with Gasteiger partial charge in [-0.3, -0.25) is 4.79 Å². The number of amides is 1. The van der Waals surface area contributed by atoms with E-state index in [-0.39, 0.29) is 12.5 Å². The number of hydrogen-bond donors (Lipinski definition) is 1. The van der Waals surface area contributed by atoms with Crippen molar-refractivity contribution in [3.05, 3.63) is 100 Å². The number of aryl methyl sites for hydroxylation is 1. The molecule has 164 valence electrons. The summed E-state index contributed by atoms with van der Waals surface area (Å²) in [5.41, 5.74) is 4.58. The van der Waals surface area contributed by atoms with Crippen molar-refractivity contribution in [2.75, 3.05) is 11.9 Å². The molecule has 0 atom stereocenters. The second-order valence-electron chi connectivity index (χ2n) is 7.22.